The van der Waals surface area contributed by atoms with E-state index >= 15 is 0 Å². The van der Waals surface area contributed by atoms with E-state index in [2.05, 4.69) is 52.5 Å². The minimum atomic E-state index is -0.121. The smallest absolute Gasteiger partial charge is 0.155 e. The zero-order valence-corrected chi connectivity index (χ0v) is 9.69. The van der Waals surface area contributed by atoms with Gasteiger partial charge in [-0.05, 0) is 42.5 Å². The SMILES string of the molecule is CC1(C)C=Cn2c(I)cnc2C=N1. The number of hydrogen-bond donors (Lipinski definition) is 0. The van der Waals surface area contributed by atoms with Crippen LogP contribution in [0, 0.1) is 3.70 Å². The molecule has 0 saturated heterocycles. The maximum Gasteiger partial charge on any atom is 0.155 e. The molecule has 3 nitrogen and oxygen atoms in total. The van der Waals surface area contributed by atoms with E-state index in [1.165, 1.54) is 0 Å². The third-order valence-corrected chi connectivity index (χ3v) is 2.72. The summed E-state index contributed by atoms with van der Waals surface area (Å²) >= 11 is 2.26. The second-order valence-corrected chi connectivity index (χ2v) is 4.64. The van der Waals surface area contributed by atoms with E-state index in [1.54, 1.807) is 0 Å². The van der Waals surface area contributed by atoms with Crippen molar-refractivity contribution in [3.63, 3.8) is 0 Å². The van der Waals surface area contributed by atoms with Gasteiger partial charge < -0.3 is 0 Å². The van der Waals surface area contributed by atoms with Gasteiger partial charge in [-0.15, -0.1) is 0 Å². The summed E-state index contributed by atoms with van der Waals surface area (Å²) in [6, 6.07) is 0. The summed E-state index contributed by atoms with van der Waals surface area (Å²) < 4.78 is 3.13. The molecule has 0 saturated carbocycles. The van der Waals surface area contributed by atoms with Crippen LogP contribution in [-0.4, -0.2) is 21.3 Å². The lowest BCUT2D eigenvalue weighted by Crippen LogP contribution is -2.11. The average Bonchev–Trinajstić information content (AvgIpc) is 2.32. The normalized spacial score (nSPS) is 18.4. The first-order valence-corrected chi connectivity index (χ1v) is 5.14. The molecule has 2 heterocycles. The van der Waals surface area contributed by atoms with Gasteiger partial charge >= 0.3 is 0 Å². The lowest BCUT2D eigenvalue weighted by molar-refractivity contribution is 0.664. The average molecular weight is 287 g/mol. The molecule has 0 radical (unpaired) electrons. The number of nitrogens with zero attached hydrogens (tertiary/aromatic N) is 3. The summed E-state index contributed by atoms with van der Waals surface area (Å²) in [7, 11) is 0. The molecule has 0 fully saturated rings. The van der Waals surface area contributed by atoms with Crippen LogP contribution in [-0.2, 0) is 0 Å². The molecule has 1 aromatic heterocycles. The first-order chi connectivity index (χ1) is 6.08. The van der Waals surface area contributed by atoms with Crippen LogP contribution in [0.2, 0.25) is 0 Å². The number of rotatable bonds is 0. The van der Waals surface area contributed by atoms with E-state index < -0.39 is 0 Å². The summed E-state index contributed by atoms with van der Waals surface area (Å²) in [4.78, 5) is 8.65. The second-order valence-electron chi connectivity index (χ2n) is 3.54. The lowest BCUT2D eigenvalue weighted by atomic mass is 10.1. The number of hydrogen-bond acceptors (Lipinski definition) is 2. The molecule has 0 bridgehead atoms. The van der Waals surface area contributed by atoms with E-state index in [0.717, 1.165) is 9.53 Å². The van der Waals surface area contributed by atoms with Crippen LogP contribution >= 0.6 is 22.6 Å². The number of imidazole rings is 1. The van der Waals surface area contributed by atoms with Crippen molar-refractivity contribution < 1.29 is 0 Å². The Labute approximate surface area is 90.7 Å². The Morgan fingerprint density at radius 2 is 2.23 bits per heavy atom. The monoisotopic (exact) mass is 287 g/mol. The lowest BCUT2D eigenvalue weighted by Gasteiger charge is -2.11. The van der Waals surface area contributed by atoms with E-state index in [9.17, 15) is 0 Å². The van der Waals surface area contributed by atoms with Gasteiger partial charge in [0.15, 0.2) is 5.82 Å². The second kappa shape index (κ2) is 2.94. The van der Waals surface area contributed by atoms with Gasteiger partial charge in [0.05, 0.1) is 18.0 Å². The summed E-state index contributed by atoms with van der Waals surface area (Å²) in [6.45, 7) is 4.14. The highest BCUT2D eigenvalue weighted by Crippen LogP contribution is 2.17. The molecule has 0 amide bonds. The zero-order chi connectivity index (χ0) is 9.47. The van der Waals surface area contributed by atoms with E-state index in [1.807, 2.05) is 23.2 Å². The Kier molecular flexibility index (Phi) is 2.02. The van der Waals surface area contributed by atoms with Crippen molar-refractivity contribution >= 4 is 35.0 Å². The van der Waals surface area contributed by atoms with Gasteiger partial charge in [0.2, 0.25) is 0 Å². The van der Waals surface area contributed by atoms with Crippen molar-refractivity contribution in [1.82, 2.24) is 9.55 Å². The highest BCUT2D eigenvalue weighted by molar-refractivity contribution is 14.1. The van der Waals surface area contributed by atoms with E-state index in [4.69, 9.17) is 0 Å². The highest BCUT2D eigenvalue weighted by atomic mass is 127. The first-order valence-electron chi connectivity index (χ1n) is 4.06. The number of halogens is 1. The van der Waals surface area contributed by atoms with Crippen LogP contribution in [0.15, 0.2) is 17.3 Å². The van der Waals surface area contributed by atoms with Crippen LogP contribution in [0.1, 0.15) is 19.7 Å². The summed E-state index contributed by atoms with van der Waals surface area (Å²) in [5.74, 6) is 0.895. The largest absolute Gasteiger partial charge is 0.294 e. The maximum absolute atomic E-state index is 4.41. The predicted octanol–water partition coefficient (Wildman–Crippen LogP) is 2.17. The third kappa shape index (κ3) is 1.67. The quantitative estimate of drug-likeness (QED) is 0.673. The third-order valence-electron chi connectivity index (χ3n) is 1.92. The molecule has 1 aromatic rings. The molecular weight excluding hydrogens is 277 g/mol. The molecular formula is C9H10IN3. The summed E-state index contributed by atoms with van der Waals surface area (Å²) in [5, 5.41) is 0. The van der Waals surface area contributed by atoms with Crippen molar-refractivity contribution in [2.45, 2.75) is 19.4 Å². The Hall–Kier alpha value is -0.650. The Morgan fingerprint density at radius 3 is 3.00 bits per heavy atom. The van der Waals surface area contributed by atoms with Crippen LogP contribution in [0.5, 0.6) is 0 Å². The van der Waals surface area contributed by atoms with Crippen LogP contribution in [0.3, 0.4) is 0 Å². The van der Waals surface area contributed by atoms with Crippen molar-refractivity contribution in [2.24, 2.45) is 4.99 Å². The molecule has 1 aliphatic rings. The topological polar surface area (TPSA) is 30.2 Å². The van der Waals surface area contributed by atoms with Crippen LogP contribution in [0.25, 0.3) is 6.20 Å². The predicted molar refractivity (Wildman–Crippen MR) is 61.9 cm³/mol. The number of aromatic nitrogens is 2. The van der Waals surface area contributed by atoms with Gasteiger partial charge in [-0.25, -0.2) is 4.98 Å². The number of aliphatic imine (C=N–C) groups is 1. The van der Waals surface area contributed by atoms with Crippen molar-refractivity contribution in [1.29, 1.82) is 0 Å². The van der Waals surface area contributed by atoms with E-state index in [0.29, 0.717) is 0 Å². The molecule has 0 spiro atoms. The fraction of sp³-hybridized carbons (Fsp3) is 0.333. The van der Waals surface area contributed by atoms with Crippen molar-refractivity contribution in [2.75, 3.05) is 0 Å². The molecule has 0 unspecified atom stereocenters. The minimum Gasteiger partial charge on any atom is -0.294 e. The van der Waals surface area contributed by atoms with Gasteiger partial charge in [0.1, 0.15) is 3.70 Å². The Bertz CT molecular complexity index is 388. The molecule has 4 heteroatoms. The zero-order valence-electron chi connectivity index (χ0n) is 7.53. The standard InChI is InChI=1S/C9H10IN3/c1-9(2)3-4-13-7(10)5-11-8(13)6-12-9/h3-6H,1-2H3. The van der Waals surface area contributed by atoms with Crippen molar-refractivity contribution in [3.05, 3.63) is 21.8 Å². The van der Waals surface area contributed by atoms with E-state index in [-0.39, 0.29) is 5.54 Å². The Morgan fingerprint density at radius 1 is 1.46 bits per heavy atom. The summed E-state index contributed by atoms with van der Waals surface area (Å²) in [6.07, 6.45) is 7.76. The van der Waals surface area contributed by atoms with Crippen LogP contribution < -0.4 is 0 Å². The molecule has 0 aromatic carbocycles. The Balaban J connectivity index is 2.54. The number of fused-ring (bicyclic) bond motifs is 1. The molecule has 0 aliphatic carbocycles. The van der Waals surface area contributed by atoms with Gasteiger partial charge in [0, 0.05) is 6.20 Å². The summed E-state index contributed by atoms with van der Waals surface area (Å²) in [5.41, 5.74) is -0.121. The van der Waals surface area contributed by atoms with Gasteiger partial charge in [-0.3, -0.25) is 9.56 Å². The van der Waals surface area contributed by atoms with Gasteiger partial charge in [0.25, 0.3) is 0 Å². The van der Waals surface area contributed by atoms with Crippen molar-refractivity contribution in [3.8, 4) is 0 Å². The molecule has 0 atom stereocenters. The minimum absolute atomic E-state index is 0.121. The van der Waals surface area contributed by atoms with Crippen LogP contribution in [0.4, 0.5) is 0 Å². The molecule has 2 rings (SSSR count). The molecule has 0 N–H and O–H groups in total. The first kappa shape index (κ1) is 8.93. The van der Waals surface area contributed by atoms with Gasteiger partial charge in [-0.2, -0.15) is 0 Å². The molecule has 68 valence electrons. The fourth-order valence-electron chi connectivity index (χ4n) is 1.12. The molecule has 1 aliphatic heterocycles. The van der Waals surface area contributed by atoms with Gasteiger partial charge in [-0.1, -0.05) is 0 Å². The highest BCUT2D eigenvalue weighted by Gasteiger charge is 2.15. The molecule has 13 heavy (non-hydrogen) atoms. The maximum atomic E-state index is 4.41. The fourth-order valence-corrected chi connectivity index (χ4v) is 1.67.